The van der Waals surface area contributed by atoms with E-state index in [1.165, 1.54) is 0 Å². The van der Waals surface area contributed by atoms with Gasteiger partial charge in [0.25, 0.3) is 11.8 Å². The third-order valence-corrected chi connectivity index (χ3v) is 3.17. The molecule has 0 atom stereocenters. The molecule has 0 aliphatic carbocycles. The van der Waals surface area contributed by atoms with Gasteiger partial charge in [-0.15, -0.1) is 0 Å². The molecule has 0 spiro atoms. The van der Waals surface area contributed by atoms with Crippen LogP contribution >= 0.6 is 11.6 Å². The van der Waals surface area contributed by atoms with Gasteiger partial charge in [0.2, 0.25) is 0 Å². The van der Waals surface area contributed by atoms with Gasteiger partial charge in [-0.2, -0.15) is 0 Å². The van der Waals surface area contributed by atoms with Gasteiger partial charge in [-0.05, 0) is 43.3 Å². The number of hydrogen-bond acceptors (Lipinski definition) is 4. The first-order valence-corrected chi connectivity index (χ1v) is 7.56. The van der Waals surface area contributed by atoms with Crippen LogP contribution < -0.4 is 20.3 Å². The second-order valence-electron chi connectivity index (χ2n) is 4.94. The average Bonchev–Trinajstić information content (AvgIpc) is 2.59. The molecule has 0 fully saturated rings. The Hall–Kier alpha value is -2.73. The number of hydrogen-bond donors (Lipinski definition) is 2. The van der Waals surface area contributed by atoms with Crippen molar-refractivity contribution >= 4 is 23.4 Å². The van der Waals surface area contributed by atoms with Crippen molar-refractivity contribution in [1.82, 2.24) is 10.9 Å². The second-order valence-corrected chi connectivity index (χ2v) is 5.38. The zero-order valence-electron chi connectivity index (χ0n) is 13.0. The molecule has 2 N–H and O–H groups in total. The molecule has 0 aliphatic rings. The quantitative estimate of drug-likeness (QED) is 0.785. The number of carbonyl (C=O) groups is 2. The second kappa shape index (κ2) is 8.79. The zero-order valence-corrected chi connectivity index (χ0v) is 13.8. The summed E-state index contributed by atoms with van der Waals surface area (Å²) in [5.41, 5.74) is 5.58. The number of rotatable bonds is 6. The van der Waals surface area contributed by atoms with Crippen molar-refractivity contribution in [2.75, 3.05) is 13.2 Å². The molecule has 2 aromatic rings. The van der Waals surface area contributed by atoms with Crippen molar-refractivity contribution in [3.8, 4) is 11.5 Å². The first-order chi connectivity index (χ1) is 11.5. The van der Waals surface area contributed by atoms with Gasteiger partial charge >= 0.3 is 0 Å². The van der Waals surface area contributed by atoms with Crippen LogP contribution in [0.15, 0.2) is 48.5 Å². The van der Waals surface area contributed by atoms with Crippen molar-refractivity contribution in [2.45, 2.75) is 6.92 Å². The minimum atomic E-state index is -0.492. The van der Waals surface area contributed by atoms with Gasteiger partial charge in [0.1, 0.15) is 11.5 Å². The Kier molecular flexibility index (Phi) is 6.45. The fourth-order valence-electron chi connectivity index (χ4n) is 1.67. The summed E-state index contributed by atoms with van der Waals surface area (Å²) in [5.74, 6) is 0.112. The molecule has 24 heavy (non-hydrogen) atoms. The topological polar surface area (TPSA) is 76.7 Å². The number of hydrazine groups is 1. The summed E-state index contributed by atoms with van der Waals surface area (Å²) in [6, 6.07) is 13.9. The highest BCUT2D eigenvalue weighted by Crippen LogP contribution is 2.15. The number of nitrogens with one attached hydrogen (secondary N) is 2. The van der Waals surface area contributed by atoms with Gasteiger partial charge in [0.15, 0.2) is 13.2 Å². The summed E-state index contributed by atoms with van der Waals surface area (Å²) in [6.45, 7) is 1.51. The van der Waals surface area contributed by atoms with Crippen LogP contribution in [0.5, 0.6) is 11.5 Å². The minimum Gasteiger partial charge on any atom is -0.484 e. The van der Waals surface area contributed by atoms with Crippen LogP contribution in [0.25, 0.3) is 0 Å². The highest BCUT2D eigenvalue weighted by Gasteiger charge is 2.06. The van der Waals surface area contributed by atoms with Crippen LogP contribution in [-0.4, -0.2) is 25.0 Å². The number of aryl methyl sites for hydroxylation is 1. The lowest BCUT2D eigenvalue weighted by Crippen LogP contribution is -2.45. The third-order valence-electron chi connectivity index (χ3n) is 2.92. The van der Waals surface area contributed by atoms with Crippen LogP contribution in [0.3, 0.4) is 0 Å². The molecule has 0 radical (unpaired) electrons. The lowest BCUT2D eigenvalue weighted by Gasteiger charge is -2.10. The summed E-state index contributed by atoms with van der Waals surface area (Å²) in [7, 11) is 0. The molecule has 7 heteroatoms. The molecular formula is C17H17ClN2O4. The van der Waals surface area contributed by atoms with Crippen LogP contribution in [0, 0.1) is 6.92 Å². The summed E-state index contributed by atoms with van der Waals surface area (Å²) >= 11 is 5.75. The van der Waals surface area contributed by atoms with Crippen molar-refractivity contribution in [3.63, 3.8) is 0 Å². The number of halogens is 1. The van der Waals surface area contributed by atoms with Crippen LogP contribution in [0.2, 0.25) is 5.02 Å². The van der Waals surface area contributed by atoms with E-state index in [1.807, 2.05) is 19.1 Å². The number of benzene rings is 2. The van der Waals surface area contributed by atoms with Gasteiger partial charge < -0.3 is 9.47 Å². The van der Waals surface area contributed by atoms with E-state index in [1.54, 1.807) is 36.4 Å². The smallest absolute Gasteiger partial charge is 0.276 e. The number of amides is 2. The fourth-order valence-corrected chi connectivity index (χ4v) is 1.80. The Morgan fingerprint density at radius 3 is 1.71 bits per heavy atom. The molecule has 0 unspecified atom stereocenters. The molecule has 6 nitrogen and oxygen atoms in total. The van der Waals surface area contributed by atoms with E-state index >= 15 is 0 Å². The largest absolute Gasteiger partial charge is 0.484 e. The first-order valence-electron chi connectivity index (χ1n) is 7.18. The van der Waals surface area contributed by atoms with Gasteiger partial charge in [0.05, 0.1) is 0 Å². The minimum absolute atomic E-state index is 0.207. The highest BCUT2D eigenvalue weighted by molar-refractivity contribution is 6.30. The molecule has 2 rings (SSSR count). The predicted octanol–water partition coefficient (Wildman–Crippen LogP) is 2.25. The zero-order chi connectivity index (χ0) is 17.4. The van der Waals surface area contributed by atoms with Crippen molar-refractivity contribution in [2.24, 2.45) is 0 Å². The molecule has 0 bridgehead atoms. The Balaban J connectivity index is 1.64. The Morgan fingerprint density at radius 1 is 0.833 bits per heavy atom. The van der Waals surface area contributed by atoms with E-state index < -0.39 is 11.8 Å². The van der Waals surface area contributed by atoms with E-state index in [4.69, 9.17) is 21.1 Å². The van der Waals surface area contributed by atoms with E-state index in [9.17, 15) is 9.59 Å². The van der Waals surface area contributed by atoms with Gasteiger partial charge in [0, 0.05) is 5.02 Å². The molecule has 2 amide bonds. The monoisotopic (exact) mass is 348 g/mol. The summed E-state index contributed by atoms with van der Waals surface area (Å²) in [6.07, 6.45) is 0. The Bertz CT molecular complexity index is 625. The first kappa shape index (κ1) is 17.6. The third kappa shape index (κ3) is 6.18. The summed E-state index contributed by atoms with van der Waals surface area (Å²) < 4.78 is 10.5. The lowest BCUT2D eigenvalue weighted by molar-refractivity contribution is -0.131. The van der Waals surface area contributed by atoms with E-state index in [2.05, 4.69) is 10.9 Å². The maximum Gasteiger partial charge on any atom is 0.276 e. The standard InChI is InChI=1S/C17H17ClN2O4/c1-12-2-6-14(7-3-12)23-10-16(21)19-20-17(22)11-24-15-8-4-13(18)5-9-15/h2-9H,10-11H2,1H3,(H,19,21)(H,20,22). The molecule has 126 valence electrons. The Labute approximate surface area is 144 Å². The van der Waals surface area contributed by atoms with Crippen molar-refractivity contribution in [1.29, 1.82) is 0 Å². The SMILES string of the molecule is Cc1ccc(OCC(=O)NNC(=O)COc2ccc(Cl)cc2)cc1. The maximum atomic E-state index is 11.6. The molecule has 0 saturated carbocycles. The van der Waals surface area contributed by atoms with E-state index in [0.29, 0.717) is 16.5 Å². The average molecular weight is 349 g/mol. The van der Waals surface area contributed by atoms with Crippen molar-refractivity contribution < 1.29 is 19.1 Å². The summed E-state index contributed by atoms with van der Waals surface area (Å²) in [4.78, 5) is 23.2. The number of carbonyl (C=O) groups excluding carboxylic acids is 2. The summed E-state index contributed by atoms with van der Waals surface area (Å²) in [5, 5.41) is 0.577. The number of ether oxygens (including phenoxy) is 2. The van der Waals surface area contributed by atoms with E-state index in [0.717, 1.165) is 5.56 Å². The van der Waals surface area contributed by atoms with Crippen LogP contribution in [-0.2, 0) is 9.59 Å². The molecule has 0 aliphatic heterocycles. The molecule has 2 aromatic carbocycles. The van der Waals surface area contributed by atoms with Gasteiger partial charge in [-0.3, -0.25) is 20.4 Å². The fraction of sp³-hybridized carbons (Fsp3) is 0.176. The lowest BCUT2D eigenvalue weighted by atomic mass is 10.2. The highest BCUT2D eigenvalue weighted by atomic mass is 35.5. The molecule has 0 saturated heterocycles. The van der Waals surface area contributed by atoms with Crippen LogP contribution in [0.4, 0.5) is 0 Å². The maximum absolute atomic E-state index is 11.6. The van der Waals surface area contributed by atoms with Gasteiger partial charge in [-0.25, -0.2) is 0 Å². The molecular weight excluding hydrogens is 332 g/mol. The van der Waals surface area contributed by atoms with Crippen molar-refractivity contribution in [3.05, 3.63) is 59.1 Å². The van der Waals surface area contributed by atoms with Gasteiger partial charge in [-0.1, -0.05) is 29.3 Å². The molecule has 0 aromatic heterocycles. The van der Waals surface area contributed by atoms with Crippen LogP contribution in [0.1, 0.15) is 5.56 Å². The predicted molar refractivity (Wildman–Crippen MR) is 89.9 cm³/mol. The van der Waals surface area contributed by atoms with E-state index in [-0.39, 0.29) is 13.2 Å². The Morgan fingerprint density at radius 2 is 1.25 bits per heavy atom. The normalized spacial score (nSPS) is 9.92. The molecule has 0 heterocycles.